The van der Waals surface area contributed by atoms with Gasteiger partial charge in [-0.3, -0.25) is 9.59 Å². The van der Waals surface area contributed by atoms with Crippen molar-refractivity contribution in [2.45, 2.75) is 24.0 Å². The summed E-state index contributed by atoms with van der Waals surface area (Å²) in [5.41, 5.74) is 7.20. The maximum atomic E-state index is 13.3. The smallest absolute Gasteiger partial charge is 0.317 e. The molecule has 0 aliphatic rings. The molecule has 4 nitrogen and oxygen atoms in total. The number of anilines is 1. The van der Waals surface area contributed by atoms with Crippen LogP contribution in [0.25, 0.3) is 0 Å². The van der Waals surface area contributed by atoms with E-state index >= 15 is 0 Å². The van der Waals surface area contributed by atoms with E-state index in [1.165, 1.54) is 30.8 Å². The van der Waals surface area contributed by atoms with Gasteiger partial charge in [-0.15, -0.1) is 11.8 Å². The van der Waals surface area contributed by atoms with Gasteiger partial charge in [0.2, 0.25) is 0 Å². The molecule has 0 aliphatic carbocycles. The van der Waals surface area contributed by atoms with E-state index in [0.29, 0.717) is 11.3 Å². The van der Waals surface area contributed by atoms with E-state index in [9.17, 15) is 14.0 Å². The monoisotopic (exact) mass is 361 g/mol. The molecule has 0 amide bonds. The number of carbonyl (C=O) groups excluding carboxylic acids is 2. The molecule has 0 heterocycles. The van der Waals surface area contributed by atoms with E-state index in [0.717, 1.165) is 4.90 Å². The van der Waals surface area contributed by atoms with Crippen LogP contribution in [0.5, 0.6) is 0 Å². The SMILES string of the molecule is CCOC(=O)C(C(C)=O)C(Sc1ccccc1N)c1ccc(F)cc1. The molecule has 132 valence electrons. The van der Waals surface area contributed by atoms with Crippen molar-refractivity contribution in [1.29, 1.82) is 0 Å². The predicted molar refractivity (Wildman–Crippen MR) is 96.7 cm³/mol. The fourth-order valence-corrected chi connectivity index (χ4v) is 3.81. The Morgan fingerprint density at radius 1 is 1.16 bits per heavy atom. The van der Waals surface area contributed by atoms with Crippen molar-refractivity contribution in [2.24, 2.45) is 5.92 Å². The van der Waals surface area contributed by atoms with Gasteiger partial charge < -0.3 is 10.5 Å². The molecule has 2 aromatic carbocycles. The number of para-hydroxylation sites is 1. The third-order valence-corrected chi connectivity index (χ3v) is 5.08. The van der Waals surface area contributed by atoms with Crippen molar-refractivity contribution in [3.8, 4) is 0 Å². The lowest BCUT2D eigenvalue weighted by Gasteiger charge is -2.24. The van der Waals surface area contributed by atoms with Gasteiger partial charge in [-0.25, -0.2) is 4.39 Å². The Bertz CT molecular complexity index is 749. The number of nitrogen functional groups attached to an aromatic ring is 1. The Hall–Kier alpha value is -2.34. The normalized spacial score (nSPS) is 13.1. The summed E-state index contributed by atoms with van der Waals surface area (Å²) in [5.74, 6) is -2.29. The topological polar surface area (TPSA) is 69.4 Å². The van der Waals surface area contributed by atoms with Gasteiger partial charge in [0.15, 0.2) is 0 Å². The maximum absolute atomic E-state index is 13.3. The van der Waals surface area contributed by atoms with Crippen LogP contribution < -0.4 is 5.73 Å². The summed E-state index contributed by atoms with van der Waals surface area (Å²) < 4.78 is 18.4. The number of halogens is 1. The van der Waals surface area contributed by atoms with Crippen molar-refractivity contribution in [3.63, 3.8) is 0 Å². The maximum Gasteiger partial charge on any atom is 0.317 e. The molecule has 2 rings (SSSR count). The zero-order valence-corrected chi connectivity index (χ0v) is 14.9. The second-order valence-corrected chi connectivity index (χ2v) is 6.65. The molecule has 0 spiro atoms. The van der Waals surface area contributed by atoms with E-state index in [1.807, 2.05) is 12.1 Å². The fourth-order valence-electron chi connectivity index (χ4n) is 2.44. The summed E-state index contributed by atoms with van der Waals surface area (Å²) in [6.45, 7) is 3.22. The summed E-state index contributed by atoms with van der Waals surface area (Å²) in [6, 6.07) is 12.9. The highest BCUT2D eigenvalue weighted by atomic mass is 32.2. The average molecular weight is 361 g/mol. The van der Waals surface area contributed by atoms with E-state index in [1.54, 1.807) is 31.2 Å². The number of Topliss-reactive ketones (excluding diaryl/α,β-unsaturated/α-hetero) is 1. The van der Waals surface area contributed by atoms with Crippen molar-refractivity contribution in [1.82, 2.24) is 0 Å². The Balaban J connectivity index is 2.46. The summed E-state index contributed by atoms with van der Waals surface area (Å²) >= 11 is 1.30. The molecule has 0 bridgehead atoms. The summed E-state index contributed by atoms with van der Waals surface area (Å²) in [4.78, 5) is 25.3. The fraction of sp³-hybridized carbons (Fsp3) is 0.263. The molecule has 0 radical (unpaired) electrons. The number of ketones is 1. The van der Waals surface area contributed by atoms with Crippen LogP contribution in [-0.4, -0.2) is 18.4 Å². The number of benzene rings is 2. The molecule has 0 aromatic heterocycles. The van der Waals surface area contributed by atoms with Gasteiger partial charge in [-0.05, 0) is 43.7 Å². The molecule has 0 aliphatic heterocycles. The first kappa shape index (κ1) is 19.0. The highest BCUT2D eigenvalue weighted by Crippen LogP contribution is 2.43. The van der Waals surface area contributed by atoms with Gasteiger partial charge in [0.05, 0.1) is 11.9 Å². The van der Waals surface area contributed by atoms with Crippen LogP contribution in [0.3, 0.4) is 0 Å². The molecular formula is C19H20FNO3S. The van der Waals surface area contributed by atoms with Crippen LogP contribution in [0.2, 0.25) is 0 Å². The van der Waals surface area contributed by atoms with Crippen LogP contribution in [0.1, 0.15) is 24.7 Å². The van der Waals surface area contributed by atoms with E-state index in [4.69, 9.17) is 10.5 Å². The summed E-state index contributed by atoms with van der Waals surface area (Å²) in [5, 5.41) is -0.568. The number of hydrogen-bond acceptors (Lipinski definition) is 5. The van der Waals surface area contributed by atoms with Crippen molar-refractivity contribution in [3.05, 3.63) is 59.9 Å². The number of carbonyl (C=O) groups is 2. The standard InChI is InChI=1S/C19H20FNO3S/c1-3-24-19(23)17(12(2)22)18(13-8-10-14(20)11-9-13)25-16-7-5-4-6-15(16)21/h4-11,17-18H,3,21H2,1-2H3. The van der Waals surface area contributed by atoms with Crippen molar-refractivity contribution >= 4 is 29.2 Å². The number of hydrogen-bond donors (Lipinski definition) is 1. The molecule has 6 heteroatoms. The molecular weight excluding hydrogens is 341 g/mol. The van der Waals surface area contributed by atoms with E-state index < -0.39 is 17.1 Å². The van der Waals surface area contributed by atoms with Crippen LogP contribution >= 0.6 is 11.8 Å². The van der Waals surface area contributed by atoms with Crippen LogP contribution in [0.4, 0.5) is 10.1 Å². The predicted octanol–water partition coefficient (Wildman–Crippen LogP) is 4.01. The van der Waals surface area contributed by atoms with Crippen LogP contribution in [0, 0.1) is 11.7 Å². The second kappa shape index (κ2) is 8.67. The molecule has 0 fully saturated rings. The minimum atomic E-state index is -1.00. The molecule has 25 heavy (non-hydrogen) atoms. The van der Waals surface area contributed by atoms with Crippen LogP contribution in [0.15, 0.2) is 53.4 Å². The number of nitrogens with two attached hydrogens (primary N) is 1. The lowest BCUT2D eigenvalue weighted by atomic mass is 9.95. The quantitative estimate of drug-likeness (QED) is 0.349. The Morgan fingerprint density at radius 2 is 1.80 bits per heavy atom. The first-order valence-electron chi connectivity index (χ1n) is 7.87. The Kier molecular flexibility index (Phi) is 6.58. The molecule has 2 atom stereocenters. The highest BCUT2D eigenvalue weighted by Gasteiger charge is 2.35. The first-order valence-corrected chi connectivity index (χ1v) is 8.75. The largest absolute Gasteiger partial charge is 0.465 e. The lowest BCUT2D eigenvalue weighted by Crippen LogP contribution is -2.29. The number of thioether (sulfide) groups is 1. The van der Waals surface area contributed by atoms with E-state index in [-0.39, 0.29) is 18.2 Å². The van der Waals surface area contributed by atoms with Gasteiger partial charge in [-0.2, -0.15) is 0 Å². The zero-order chi connectivity index (χ0) is 18.4. The molecule has 2 N–H and O–H groups in total. The van der Waals surface area contributed by atoms with E-state index in [2.05, 4.69) is 0 Å². The lowest BCUT2D eigenvalue weighted by molar-refractivity contribution is -0.151. The molecule has 2 unspecified atom stereocenters. The number of ether oxygens (including phenoxy) is 1. The third kappa shape index (κ3) is 4.82. The minimum absolute atomic E-state index is 0.177. The molecule has 2 aromatic rings. The number of rotatable bonds is 7. The van der Waals surface area contributed by atoms with Gasteiger partial charge >= 0.3 is 5.97 Å². The minimum Gasteiger partial charge on any atom is -0.465 e. The third-order valence-electron chi connectivity index (χ3n) is 3.65. The van der Waals surface area contributed by atoms with Crippen molar-refractivity contribution < 1.29 is 18.7 Å². The first-order chi connectivity index (χ1) is 11.9. The molecule has 0 saturated carbocycles. The molecule has 0 saturated heterocycles. The zero-order valence-electron chi connectivity index (χ0n) is 14.1. The van der Waals surface area contributed by atoms with Crippen molar-refractivity contribution in [2.75, 3.05) is 12.3 Å². The second-order valence-electron chi connectivity index (χ2n) is 5.47. The summed E-state index contributed by atoms with van der Waals surface area (Å²) in [6.07, 6.45) is 0. The van der Waals surface area contributed by atoms with Crippen LogP contribution in [-0.2, 0) is 14.3 Å². The van der Waals surface area contributed by atoms with Gasteiger partial charge in [0.1, 0.15) is 17.5 Å². The average Bonchev–Trinajstić information content (AvgIpc) is 2.57. The Labute approximate surface area is 150 Å². The number of esters is 1. The van der Waals surface area contributed by atoms with Gasteiger partial charge in [-0.1, -0.05) is 24.3 Å². The van der Waals surface area contributed by atoms with Gasteiger partial charge in [0.25, 0.3) is 0 Å². The Morgan fingerprint density at radius 3 is 2.36 bits per heavy atom. The van der Waals surface area contributed by atoms with Gasteiger partial charge in [0, 0.05) is 10.6 Å². The highest BCUT2D eigenvalue weighted by molar-refractivity contribution is 7.99. The summed E-state index contributed by atoms with van der Waals surface area (Å²) in [7, 11) is 0.